The minimum Gasteiger partial charge on any atom is -0.465 e. The zero-order chi connectivity index (χ0) is 12.0. The summed E-state index contributed by atoms with van der Waals surface area (Å²) in [5.74, 6) is 2.00. The van der Waals surface area contributed by atoms with Crippen molar-refractivity contribution in [3.05, 3.63) is 35.8 Å². The number of hydrogen-bond acceptors (Lipinski definition) is 2. The third kappa shape index (κ3) is 3.86. The van der Waals surface area contributed by atoms with Crippen LogP contribution in [0.3, 0.4) is 0 Å². The highest BCUT2D eigenvalue weighted by Crippen LogP contribution is 2.23. The van der Waals surface area contributed by atoms with Crippen molar-refractivity contribution >= 4 is 0 Å². The second kappa shape index (κ2) is 6.54. The lowest BCUT2D eigenvalue weighted by Crippen LogP contribution is -2.22. The second-order valence-electron chi connectivity index (χ2n) is 4.26. The molecule has 0 aromatic carbocycles. The maximum absolute atomic E-state index is 5.68. The van der Waals surface area contributed by atoms with Gasteiger partial charge in [-0.3, -0.25) is 0 Å². The van der Waals surface area contributed by atoms with Crippen LogP contribution in [0.4, 0.5) is 0 Å². The monoisotopic (exact) mass is 221 g/mol. The average Bonchev–Trinajstić information content (AvgIpc) is 2.70. The Morgan fingerprint density at radius 2 is 2.19 bits per heavy atom. The molecule has 0 saturated carbocycles. The van der Waals surface area contributed by atoms with E-state index in [1.807, 2.05) is 13.0 Å². The van der Waals surface area contributed by atoms with Gasteiger partial charge in [-0.1, -0.05) is 26.0 Å². The molecule has 1 atom stereocenters. The number of rotatable bonds is 7. The van der Waals surface area contributed by atoms with Crippen molar-refractivity contribution in [1.29, 1.82) is 0 Å². The fraction of sp³-hybridized carbons (Fsp3) is 0.571. The van der Waals surface area contributed by atoms with Crippen LogP contribution in [0, 0.1) is 6.92 Å². The summed E-state index contributed by atoms with van der Waals surface area (Å²) >= 11 is 0. The van der Waals surface area contributed by atoms with E-state index in [2.05, 4.69) is 31.8 Å². The summed E-state index contributed by atoms with van der Waals surface area (Å²) in [6, 6.07) is 4.36. The molecule has 0 radical (unpaired) electrons. The van der Waals surface area contributed by atoms with Crippen molar-refractivity contribution in [2.24, 2.45) is 0 Å². The molecule has 16 heavy (non-hydrogen) atoms. The summed E-state index contributed by atoms with van der Waals surface area (Å²) in [6.07, 6.45) is 3.13. The predicted octanol–water partition coefficient (Wildman–Crippen LogP) is 3.99. The highest BCUT2D eigenvalue weighted by Gasteiger charge is 2.14. The summed E-state index contributed by atoms with van der Waals surface area (Å²) in [7, 11) is 0. The Bertz CT molecular complexity index is 327. The minimum absolute atomic E-state index is 0.279. The van der Waals surface area contributed by atoms with Crippen LogP contribution in [-0.2, 0) is 0 Å². The first kappa shape index (κ1) is 13.0. The van der Waals surface area contributed by atoms with E-state index in [0.29, 0.717) is 0 Å². The Morgan fingerprint density at radius 1 is 1.44 bits per heavy atom. The van der Waals surface area contributed by atoms with E-state index < -0.39 is 0 Å². The van der Waals surface area contributed by atoms with E-state index in [-0.39, 0.29) is 6.04 Å². The Kier molecular flexibility index (Phi) is 5.33. The molecule has 1 aromatic rings. The summed E-state index contributed by atoms with van der Waals surface area (Å²) in [5.41, 5.74) is 1.27. The summed E-state index contributed by atoms with van der Waals surface area (Å²) in [6.45, 7) is 11.4. The van der Waals surface area contributed by atoms with Crippen LogP contribution in [0.1, 0.15) is 50.7 Å². The van der Waals surface area contributed by atoms with E-state index in [1.165, 1.54) is 5.57 Å². The summed E-state index contributed by atoms with van der Waals surface area (Å²) in [5, 5.41) is 3.51. The van der Waals surface area contributed by atoms with Gasteiger partial charge in [-0.25, -0.2) is 0 Å². The maximum atomic E-state index is 5.68. The topological polar surface area (TPSA) is 25.2 Å². The molecule has 0 aliphatic heterocycles. The molecule has 0 aliphatic rings. The number of aryl methyl sites for hydroxylation is 1. The second-order valence-corrected chi connectivity index (χ2v) is 4.26. The van der Waals surface area contributed by atoms with Gasteiger partial charge in [0.15, 0.2) is 0 Å². The lowest BCUT2D eigenvalue weighted by molar-refractivity contribution is 0.396. The van der Waals surface area contributed by atoms with Crippen LogP contribution in [-0.4, -0.2) is 6.54 Å². The standard InChI is InChI=1S/C14H23NO/c1-5-9-15-13(10-11(3)6-2)14-8-7-12(4)16-14/h7-8,13,15H,3,5-6,9-10H2,1-2,4H3. The molecule has 2 nitrogen and oxygen atoms in total. The normalized spacial score (nSPS) is 12.7. The molecule has 1 N–H and O–H groups in total. The van der Waals surface area contributed by atoms with Crippen LogP contribution in [0.15, 0.2) is 28.7 Å². The van der Waals surface area contributed by atoms with Crippen molar-refractivity contribution in [2.45, 2.75) is 46.1 Å². The lowest BCUT2D eigenvalue weighted by atomic mass is 10.0. The molecule has 1 aromatic heterocycles. The van der Waals surface area contributed by atoms with Gasteiger partial charge >= 0.3 is 0 Å². The van der Waals surface area contributed by atoms with Gasteiger partial charge in [0.2, 0.25) is 0 Å². The van der Waals surface area contributed by atoms with E-state index in [4.69, 9.17) is 4.42 Å². The molecular weight excluding hydrogens is 198 g/mol. The smallest absolute Gasteiger partial charge is 0.121 e. The van der Waals surface area contributed by atoms with E-state index in [0.717, 1.165) is 37.3 Å². The maximum Gasteiger partial charge on any atom is 0.121 e. The van der Waals surface area contributed by atoms with E-state index in [1.54, 1.807) is 0 Å². The Balaban J connectivity index is 2.66. The van der Waals surface area contributed by atoms with Crippen molar-refractivity contribution in [1.82, 2.24) is 5.32 Å². The first-order valence-electron chi connectivity index (χ1n) is 6.13. The van der Waals surface area contributed by atoms with Gasteiger partial charge in [0.05, 0.1) is 6.04 Å². The van der Waals surface area contributed by atoms with Crippen LogP contribution in [0.25, 0.3) is 0 Å². The third-order valence-electron chi connectivity index (χ3n) is 2.74. The summed E-state index contributed by atoms with van der Waals surface area (Å²) < 4.78 is 5.68. The molecule has 2 heteroatoms. The van der Waals surface area contributed by atoms with Crippen LogP contribution < -0.4 is 5.32 Å². The van der Waals surface area contributed by atoms with Gasteiger partial charge in [-0.05, 0) is 44.9 Å². The Morgan fingerprint density at radius 3 is 2.69 bits per heavy atom. The third-order valence-corrected chi connectivity index (χ3v) is 2.74. The Hall–Kier alpha value is -1.02. The fourth-order valence-electron chi connectivity index (χ4n) is 1.67. The molecule has 0 amide bonds. The quantitative estimate of drug-likeness (QED) is 0.704. The lowest BCUT2D eigenvalue weighted by Gasteiger charge is -2.17. The predicted molar refractivity (Wildman–Crippen MR) is 68.5 cm³/mol. The van der Waals surface area contributed by atoms with Gasteiger partial charge in [0.1, 0.15) is 11.5 Å². The molecule has 0 fully saturated rings. The molecule has 0 bridgehead atoms. The minimum atomic E-state index is 0.279. The van der Waals surface area contributed by atoms with Gasteiger partial charge < -0.3 is 9.73 Å². The zero-order valence-corrected chi connectivity index (χ0v) is 10.7. The molecule has 90 valence electrons. The van der Waals surface area contributed by atoms with Gasteiger partial charge in [0, 0.05) is 0 Å². The van der Waals surface area contributed by atoms with Crippen LogP contribution >= 0.6 is 0 Å². The Labute approximate surface area is 98.7 Å². The molecular formula is C14H23NO. The number of hydrogen-bond donors (Lipinski definition) is 1. The molecule has 1 rings (SSSR count). The molecule has 1 heterocycles. The molecule has 0 aliphatic carbocycles. The zero-order valence-electron chi connectivity index (χ0n) is 10.7. The molecule has 1 unspecified atom stereocenters. The van der Waals surface area contributed by atoms with Crippen molar-refractivity contribution in [3.8, 4) is 0 Å². The largest absolute Gasteiger partial charge is 0.465 e. The first-order valence-corrected chi connectivity index (χ1v) is 6.13. The summed E-state index contributed by atoms with van der Waals surface area (Å²) in [4.78, 5) is 0. The van der Waals surface area contributed by atoms with Gasteiger partial charge in [0.25, 0.3) is 0 Å². The van der Waals surface area contributed by atoms with Crippen molar-refractivity contribution in [3.63, 3.8) is 0 Å². The highest BCUT2D eigenvalue weighted by molar-refractivity contribution is 5.12. The first-order chi connectivity index (χ1) is 7.67. The van der Waals surface area contributed by atoms with Gasteiger partial charge in [-0.2, -0.15) is 0 Å². The molecule has 0 saturated heterocycles. The SMILES string of the molecule is C=C(CC)CC(NCCC)c1ccc(C)o1. The molecule has 0 spiro atoms. The van der Waals surface area contributed by atoms with E-state index >= 15 is 0 Å². The van der Waals surface area contributed by atoms with Crippen molar-refractivity contribution in [2.75, 3.05) is 6.54 Å². The van der Waals surface area contributed by atoms with E-state index in [9.17, 15) is 0 Å². The average molecular weight is 221 g/mol. The van der Waals surface area contributed by atoms with Crippen LogP contribution in [0.2, 0.25) is 0 Å². The van der Waals surface area contributed by atoms with Crippen molar-refractivity contribution < 1.29 is 4.42 Å². The number of nitrogens with one attached hydrogen (secondary N) is 1. The highest BCUT2D eigenvalue weighted by atomic mass is 16.3. The fourth-order valence-corrected chi connectivity index (χ4v) is 1.67. The number of furan rings is 1. The van der Waals surface area contributed by atoms with Gasteiger partial charge in [-0.15, -0.1) is 0 Å². The van der Waals surface area contributed by atoms with Crippen LogP contribution in [0.5, 0.6) is 0 Å².